The van der Waals surface area contributed by atoms with Crippen LogP contribution in [0.4, 0.5) is 10.5 Å². The fourth-order valence-electron chi connectivity index (χ4n) is 3.98. The van der Waals surface area contributed by atoms with E-state index in [2.05, 4.69) is 0 Å². The number of anilines is 1. The van der Waals surface area contributed by atoms with Crippen molar-refractivity contribution in [1.29, 1.82) is 5.26 Å². The van der Waals surface area contributed by atoms with Crippen molar-refractivity contribution < 1.29 is 14.4 Å². The molecule has 1 aromatic carbocycles. The third-order valence-electron chi connectivity index (χ3n) is 5.08. The average molecular weight is 323 g/mol. The maximum Gasteiger partial charge on any atom is 0.332 e. The molecule has 3 aliphatic heterocycles. The van der Waals surface area contributed by atoms with E-state index in [-0.39, 0.29) is 11.4 Å². The lowest BCUT2D eigenvalue weighted by molar-refractivity contribution is -0.132. The van der Waals surface area contributed by atoms with Crippen LogP contribution < -0.4 is 10.6 Å². The molecule has 3 aliphatic rings. The van der Waals surface area contributed by atoms with Crippen LogP contribution in [-0.4, -0.2) is 47.8 Å². The van der Waals surface area contributed by atoms with Crippen molar-refractivity contribution in [2.75, 3.05) is 19.0 Å². The molecule has 0 unspecified atom stereocenters. The monoisotopic (exact) mass is 323 g/mol. The Labute approximate surface area is 137 Å². The van der Waals surface area contributed by atoms with E-state index in [1.54, 1.807) is 31.3 Å². The van der Waals surface area contributed by atoms with Crippen molar-refractivity contribution in [3.8, 4) is 6.07 Å². The van der Waals surface area contributed by atoms with Gasteiger partial charge in [0.05, 0.1) is 5.57 Å². The number of urea groups is 1. The van der Waals surface area contributed by atoms with E-state index in [0.29, 0.717) is 11.3 Å². The Hall–Kier alpha value is -3.34. The maximum absolute atomic E-state index is 13.2. The van der Waals surface area contributed by atoms with Crippen LogP contribution in [0.15, 0.2) is 35.7 Å². The summed E-state index contributed by atoms with van der Waals surface area (Å²) in [6.07, 6.45) is 0. The van der Waals surface area contributed by atoms with Gasteiger partial charge in [-0.2, -0.15) is 5.26 Å². The van der Waals surface area contributed by atoms with E-state index in [1.165, 1.54) is 11.9 Å². The van der Waals surface area contributed by atoms with Gasteiger partial charge in [-0.3, -0.25) is 19.4 Å². The number of fused-ring (bicyclic) bond motifs is 4. The highest BCUT2D eigenvalue weighted by Crippen LogP contribution is 2.55. The summed E-state index contributed by atoms with van der Waals surface area (Å²) in [6.45, 7) is 0. The molecule has 0 bridgehead atoms. The van der Waals surface area contributed by atoms with Crippen LogP contribution in [0, 0.1) is 11.3 Å². The first-order chi connectivity index (χ1) is 11.4. The van der Waals surface area contributed by atoms with Gasteiger partial charge >= 0.3 is 6.03 Å². The van der Waals surface area contributed by atoms with E-state index in [9.17, 15) is 19.6 Å². The molecule has 4 rings (SSSR count). The van der Waals surface area contributed by atoms with E-state index < -0.39 is 29.3 Å². The molecular weight excluding hydrogens is 310 g/mol. The number of carbonyl (C=O) groups excluding carboxylic acids is 3. The average Bonchev–Trinajstić information content (AvgIpc) is 3.07. The Morgan fingerprint density at radius 1 is 1.17 bits per heavy atom. The number of carbonyl (C=O) groups is 3. The van der Waals surface area contributed by atoms with Gasteiger partial charge in [-0.05, 0) is 11.6 Å². The van der Waals surface area contributed by atoms with Crippen LogP contribution in [0.1, 0.15) is 5.56 Å². The molecule has 1 aromatic rings. The lowest BCUT2D eigenvalue weighted by atomic mass is 9.71. The largest absolute Gasteiger partial charge is 0.384 e. The fraction of sp³-hybridized carbons (Fsp3) is 0.250. The molecule has 0 aliphatic carbocycles. The first kappa shape index (κ1) is 14.3. The number of likely N-dealkylation sites (N-methyl/N-ethyl adjacent to an activating group) is 2. The zero-order chi connectivity index (χ0) is 17.4. The predicted octanol–water partition coefficient (Wildman–Crippen LogP) is -0.129. The summed E-state index contributed by atoms with van der Waals surface area (Å²) in [5.41, 5.74) is 5.50. The highest BCUT2D eigenvalue weighted by atomic mass is 16.2. The molecule has 8 heteroatoms. The zero-order valence-electron chi connectivity index (χ0n) is 13.0. The molecular formula is C16H13N5O3. The van der Waals surface area contributed by atoms with Crippen molar-refractivity contribution in [2.24, 2.45) is 5.73 Å². The predicted molar refractivity (Wildman–Crippen MR) is 82.1 cm³/mol. The van der Waals surface area contributed by atoms with Gasteiger partial charge in [0, 0.05) is 19.8 Å². The summed E-state index contributed by atoms with van der Waals surface area (Å²) in [4.78, 5) is 41.7. The second kappa shape index (κ2) is 4.14. The highest BCUT2D eigenvalue weighted by Gasteiger charge is 2.70. The quantitative estimate of drug-likeness (QED) is 0.669. The molecule has 0 aromatic heterocycles. The lowest BCUT2D eigenvalue weighted by Crippen LogP contribution is -2.52. The molecule has 0 saturated carbocycles. The number of amides is 4. The first-order valence-corrected chi connectivity index (χ1v) is 7.27. The molecule has 3 heterocycles. The molecule has 4 amide bonds. The minimum Gasteiger partial charge on any atom is -0.384 e. The number of hydrogen-bond donors (Lipinski definition) is 1. The Morgan fingerprint density at radius 2 is 1.83 bits per heavy atom. The van der Waals surface area contributed by atoms with Crippen molar-refractivity contribution in [2.45, 2.75) is 11.5 Å². The lowest BCUT2D eigenvalue weighted by Gasteiger charge is -2.28. The number of imide groups is 1. The van der Waals surface area contributed by atoms with Crippen LogP contribution in [-0.2, 0) is 15.0 Å². The summed E-state index contributed by atoms with van der Waals surface area (Å²) in [5.74, 6) is -1.12. The van der Waals surface area contributed by atoms with Gasteiger partial charge in [0.2, 0.25) is 5.91 Å². The zero-order valence-corrected chi connectivity index (χ0v) is 13.0. The minimum absolute atomic E-state index is 0.0518. The molecule has 120 valence electrons. The Kier molecular flexibility index (Phi) is 2.46. The van der Waals surface area contributed by atoms with Gasteiger partial charge in [-0.25, -0.2) is 4.79 Å². The number of para-hydroxylation sites is 1. The third-order valence-corrected chi connectivity index (χ3v) is 5.08. The van der Waals surface area contributed by atoms with Gasteiger partial charge < -0.3 is 10.6 Å². The van der Waals surface area contributed by atoms with Crippen molar-refractivity contribution in [3.05, 3.63) is 41.2 Å². The molecule has 24 heavy (non-hydrogen) atoms. The molecule has 2 N–H and O–H groups in total. The molecule has 2 atom stereocenters. The number of nitriles is 1. The number of hydrogen-bond acceptors (Lipinski definition) is 5. The van der Waals surface area contributed by atoms with E-state index in [0.717, 1.165) is 9.80 Å². The van der Waals surface area contributed by atoms with Crippen molar-refractivity contribution in [1.82, 2.24) is 9.80 Å². The van der Waals surface area contributed by atoms with Crippen LogP contribution in [0.25, 0.3) is 0 Å². The van der Waals surface area contributed by atoms with E-state index in [1.807, 2.05) is 6.07 Å². The van der Waals surface area contributed by atoms with Crippen LogP contribution >= 0.6 is 0 Å². The Balaban J connectivity index is 2.11. The fourth-order valence-corrected chi connectivity index (χ4v) is 3.98. The molecule has 1 saturated heterocycles. The maximum atomic E-state index is 13.2. The standard InChI is InChI=1S/C16H13N5O3/c1-19-10-6-4-3-5-8(10)16(14(19)23)9(7-17)12(18)21-11(16)13(22)20(2)15(21)24/h3-6,11H,18H2,1-2H3/t11-,16-/m1/s1. The summed E-state index contributed by atoms with van der Waals surface area (Å²) < 4.78 is 0. The van der Waals surface area contributed by atoms with Crippen molar-refractivity contribution in [3.63, 3.8) is 0 Å². The van der Waals surface area contributed by atoms with Crippen LogP contribution in [0.2, 0.25) is 0 Å². The Morgan fingerprint density at radius 3 is 2.50 bits per heavy atom. The summed E-state index contributed by atoms with van der Waals surface area (Å²) in [7, 11) is 2.92. The van der Waals surface area contributed by atoms with Gasteiger partial charge in [0.15, 0.2) is 0 Å². The minimum atomic E-state index is -1.58. The smallest absolute Gasteiger partial charge is 0.332 e. The van der Waals surface area contributed by atoms with Gasteiger partial charge in [0.25, 0.3) is 5.91 Å². The van der Waals surface area contributed by atoms with E-state index in [4.69, 9.17) is 5.73 Å². The second-order valence-corrected chi connectivity index (χ2v) is 6.01. The van der Waals surface area contributed by atoms with Gasteiger partial charge in [-0.15, -0.1) is 0 Å². The topological polar surface area (TPSA) is 111 Å². The van der Waals surface area contributed by atoms with E-state index >= 15 is 0 Å². The van der Waals surface area contributed by atoms with Gasteiger partial charge in [0.1, 0.15) is 23.3 Å². The van der Waals surface area contributed by atoms with Crippen LogP contribution in [0.5, 0.6) is 0 Å². The molecule has 0 radical (unpaired) electrons. The summed E-state index contributed by atoms with van der Waals surface area (Å²) >= 11 is 0. The summed E-state index contributed by atoms with van der Waals surface area (Å²) in [5, 5.41) is 9.66. The number of rotatable bonds is 0. The molecule has 1 spiro atoms. The second-order valence-electron chi connectivity index (χ2n) is 6.01. The Bertz CT molecular complexity index is 915. The highest BCUT2D eigenvalue weighted by molar-refractivity contribution is 6.19. The number of benzene rings is 1. The summed E-state index contributed by atoms with van der Waals surface area (Å²) in [6, 6.07) is 7.09. The van der Waals surface area contributed by atoms with Gasteiger partial charge in [-0.1, -0.05) is 18.2 Å². The SMILES string of the molecule is CN1C(=O)[C@H]2N(C1=O)C(N)=C(C#N)[C@@]21C(=O)N(C)c2ccccc21. The number of nitrogens with two attached hydrogens (primary N) is 1. The molecule has 1 fully saturated rings. The first-order valence-electron chi connectivity index (χ1n) is 7.27. The third kappa shape index (κ3) is 1.20. The molecule has 8 nitrogen and oxygen atoms in total. The van der Waals surface area contributed by atoms with Crippen molar-refractivity contribution >= 4 is 23.5 Å². The normalized spacial score (nSPS) is 28.1. The van der Waals surface area contributed by atoms with Crippen LogP contribution in [0.3, 0.4) is 0 Å². The number of nitrogens with zero attached hydrogens (tertiary/aromatic N) is 4.